The first kappa shape index (κ1) is 18.0. The van der Waals surface area contributed by atoms with Gasteiger partial charge in [-0.3, -0.25) is 4.79 Å². The van der Waals surface area contributed by atoms with Crippen LogP contribution in [-0.2, 0) is 6.54 Å². The number of methoxy groups -OCH3 is 1. The van der Waals surface area contributed by atoms with Gasteiger partial charge in [0, 0.05) is 22.2 Å². The number of hydrogen-bond acceptors (Lipinski definition) is 6. The molecule has 0 unspecified atom stereocenters. The van der Waals surface area contributed by atoms with Crippen molar-refractivity contribution >= 4 is 28.4 Å². The van der Waals surface area contributed by atoms with Crippen molar-refractivity contribution in [2.45, 2.75) is 13.5 Å². The molecule has 142 valence electrons. The van der Waals surface area contributed by atoms with Crippen LogP contribution in [0.25, 0.3) is 22.2 Å². The van der Waals surface area contributed by atoms with Crippen LogP contribution < -0.4 is 10.1 Å². The zero-order valence-corrected chi connectivity index (χ0v) is 15.9. The maximum absolute atomic E-state index is 12.2. The number of aromatic nitrogens is 4. The molecule has 28 heavy (non-hydrogen) atoms. The van der Waals surface area contributed by atoms with Crippen molar-refractivity contribution in [3.05, 3.63) is 59.2 Å². The number of H-pyrrole nitrogens is 1. The number of rotatable bonds is 5. The van der Waals surface area contributed by atoms with Crippen LogP contribution in [0, 0.1) is 6.92 Å². The average Bonchev–Trinajstić information content (AvgIpc) is 3.31. The van der Waals surface area contributed by atoms with E-state index in [2.05, 4.69) is 25.3 Å². The summed E-state index contributed by atoms with van der Waals surface area (Å²) < 4.78 is 10.1. The highest BCUT2D eigenvalue weighted by Gasteiger charge is 2.14. The Hall–Kier alpha value is -3.39. The first-order chi connectivity index (χ1) is 13.5. The van der Waals surface area contributed by atoms with Gasteiger partial charge in [-0.2, -0.15) is 0 Å². The monoisotopic (exact) mass is 397 g/mol. The molecule has 0 atom stereocenters. The lowest BCUT2D eigenvalue weighted by Crippen LogP contribution is -2.23. The first-order valence-electron chi connectivity index (χ1n) is 8.41. The summed E-state index contributed by atoms with van der Waals surface area (Å²) in [7, 11) is 1.53. The Morgan fingerprint density at radius 3 is 2.79 bits per heavy atom. The molecule has 9 heteroatoms. The number of aryl methyl sites for hydroxylation is 1. The van der Waals surface area contributed by atoms with Crippen molar-refractivity contribution in [1.82, 2.24) is 25.3 Å². The number of fused-ring (bicyclic) bond motifs is 1. The molecule has 0 spiro atoms. The third-order valence-electron chi connectivity index (χ3n) is 4.28. The molecule has 0 saturated carbocycles. The van der Waals surface area contributed by atoms with E-state index in [-0.39, 0.29) is 11.6 Å². The van der Waals surface area contributed by atoms with E-state index >= 15 is 0 Å². The standard InChI is InChI=1S/C19H16ClN5O3/c1-10-18(24-9-28-10)19(26)23-6-12-3-11-4-14(20)13(5-15(11)25-12)16-7-22-17(27-2)8-21-16/h3-5,7-9,25H,6H2,1-2H3,(H,23,26). The third-order valence-corrected chi connectivity index (χ3v) is 4.59. The van der Waals surface area contributed by atoms with Crippen molar-refractivity contribution in [3.63, 3.8) is 0 Å². The van der Waals surface area contributed by atoms with Gasteiger partial charge in [0.2, 0.25) is 5.88 Å². The van der Waals surface area contributed by atoms with Crippen LogP contribution in [-0.4, -0.2) is 33.0 Å². The molecule has 4 rings (SSSR count). The molecular formula is C19H16ClN5O3. The largest absolute Gasteiger partial charge is 0.480 e. The Morgan fingerprint density at radius 1 is 1.25 bits per heavy atom. The number of nitrogens with one attached hydrogen (secondary N) is 2. The maximum Gasteiger partial charge on any atom is 0.273 e. The molecule has 1 aromatic carbocycles. The summed E-state index contributed by atoms with van der Waals surface area (Å²) in [5.41, 5.74) is 3.37. The lowest BCUT2D eigenvalue weighted by molar-refractivity contribution is 0.0944. The minimum Gasteiger partial charge on any atom is -0.480 e. The highest BCUT2D eigenvalue weighted by atomic mass is 35.5. The van der Waals surface area contributed by atoms with E-state index in [1.807, 2.05) is 18.2 Å². The number of ether oxygens (including phenoxy) is 1. The molecule has 4 aromatic rings. The average molecular weight is 398 g/mol. The Morgan fingerprint density at radius 2 is 2.11 bits per heavy atom. The van der Waals surface area contributed by atoms with Gasteiger partial charge in [-0.15, -0.1) is 0 Å². The normalized spacial score (nSPS) is 11.0. The predicted molar refractivity (Wildman–Crippen MR) is 103 cm³/mol. The van der Waals surface area contributed by atoms with E-state index in [0.717, 1.165) is 22.2 Å². The second-order valence-electron chi connectivity index (χ2n) is 6.10. The minimum atomic E-state index is -0.294. The van der Waals surface area contributed by atoms with Crippen molar-refractivity contribution in [3.8, 4) is 17.1 Å². The van der Waals surface area contributed by atoms with E-state index in [9.17, 15) is 4.79 Å². The molecule has 0 aliphatic carbocycles. The molecule has 0 bridgehead atoms. The van der Waals surface area contributed by atoms with E-state index in [1.54, 1.807) is 13.1 Å². The van der Waals surface area contributed by atoms with Gasteiger partial charge >= 0.3 is 0 Å². The van der Waals surface area contributed by atoms with Crippen LogP contribution in [0.1, 0.15) is 21.9 Å². The predicted octanol–water partition coefficient (Wildman–Crippen LogP) is 3.51. The maximum atomic E-state index is 12.2. The van der Waals surface area contributed by atoms with Gasteiger partial charge in [-0.05, 0) is 25.1 Å². The Bertz CT molecular complexity index is 1150. The molecule has 1 amide bonds. The molecule has 0 fully saturated rings. The molecule has 2 N–H and O–H groups in total. The molecule has 0 aliphatic rings. The fourth-order valence-corrected chi connectivity index (χ4v) is 3.12. The summed E-state index contributed by atoms with van der Waals surface area (Å²) in [6.45, 7) is 2.01. The topological polar surface area (TPSA) is 106 Å². The minimum absolute atomic E-state index is 0.277. The van der Waals surface area contributed by atoms with Crippen LogP contribution in [0.15, 0.2) is 41.4 Å². The molecule has 3 aromatic heterocycles. The van der Waals surface area contributed by atoms with Gasteiger partial charge in [-0.1, -0.05) is 11.6 Å². The molecular weight excluding hydrogens is 382 g/mol. The van der Waals surface area contributed by atoms with Crippen molar-refractivity contribution in [2.75, 3.05) is 7.11 Å². The number of nitrogens with zero attached hydrogens (tertiary/aromatic N) is 3. The number of benzene rings is 1. The number of halogens is 1. The lowest BCUT2D eigenvalue weighted by Gasteiger charge is -2.05. The van der Waals surface area contributed by atoms with Crippen LogP contribution in [0.4, 0.5) is 0 Å². The third kappa shape index (κ3) is 3.41. The Labute approximate surface area is 164 Å². The number of hydrogen-bond donors (Lipinski definition) is 2. The number of carbonyl (C=O) groups is 1. The number of aromatic amines is 1. The fraction of sp³-hybridized carbons (Fsp3) is 0.158. The van der Waals surface area contributed by atoms with Crippen LogP contribution in [0.3, 0.4) is 0 Å². The quantitative estimate of drug-likeness (QED) is 0.533. The smallest absolute Gasteiger partial charge is 0.273 e. The van der Waals surface area contributed by atoms with Crippen molar-refractivity contribution in [2.24, 2.45) is 0 Å². The van der Waals surface area contributed by atoms with Gasteiger partial charge in [0.05, 0.1) is 36.8 Å². The molecule has 0 radical (unpaired) electrons. The summed E-state index contributed by atoms with van der Waals surface area (Å²) in [5.74, 6) is 0.615. The van der Waals surface area contributed by atoms with E-state index in [4.69, 9.17) is 20.8 Å². The zero-order chi connectivity index (χ0) is 19.7. The second kappa shape index (κ2) is 7.32. The van der Waals surface area contributed by atoms with E-state index < -0.39 is 0 Å². The highest BCUT2D eigenvalue weighted by molar-refractivity contribution is 6.34. The van der Waals surface area contributed by atoms with Crippen LogP contribution >= 0.6 is 11.6 Å². The first-order valence-corrected chi connectivity index (χ1v) is 8.79. The zero-order valence-electron chi connectivity index (χ0n) is 15.1. The number of amides is 1. The van der Waals surface area contributed by atoms with Gasteiger partial charge in [0.15, 0.2) is 12.1 Å². The lowest BCUT2D eigenvalue weighted by atomic mass is 10.1. The molecule has 3 heterocycles. The SMILES string of the molecule is COc1cnc(-c2cc3[nH]c(CNC(=O)c4ncoc4C)cc3cc2Cl)cn1. The molecule has 0 saturated heterocycles. The van der Waals surface area contributed by atoms with Gasteiger partial charge in [0.25, 0.3) is 5.91 Å². The molecule has 8 nitrogen and oxygen atoms in total. The second-order valence-corrected chi connectivity index (χ2v) is 6.50. The summed E-state index contributed by atoms with van der Waals surface area (Å²) >= 11 is 6.43. The summed E-state index contributed by atoms with van der Waals surface area (Å²) in [5, 5.41) is 4.30. The summed E-state index contributed by atoms with van der Waals surface area (Å²) in [6.07, 6.45) is 4.40. The molecule has 0 aliphatic heterocycles. The van der Waals surface area contributed by atoms with Gasteiger partial charge in [-0.25, -0.2) is 15.0 Å². The van der Waals surface area contributed by atoms with Crippen LogP contribution in [0.2, 0.25) is 5.02 Å². The highest BCUT2D eigenvalue weighted by Crippen LogP contribution is 2.31. The fourth-order valence-electron chi connectivity index (χ4n) is 2.85. The van der Waals surface area contributed by atoms with Crippen molar-refractivity contribution in [1.29, 1.82) is 0 Å². The number of oxazole rings is 1. The number of carbonyl (C=O) groups excluding carboxylic acids is 1. The Balaban J connectivity index is 1.57. The van der Waals surface area contributed by atoms with E-state index in [1.165, 1.54) is 19.7 Å². The Kier molecular flexibility index (Phi) is 4.70. The van der Waals surface area contributed by atoms with Crippen LogP contribution in [0.5, 0.6) is 5.88 Å². The van der Waals surface area contributed by atoms with E-state index in [0.29, 0.717) is 28.9 Å². The van der Waals surface area contributed by atoms with Gasteiger partial charge in [0.1, 0.15) is 5.76 Å². The summed E-state index contributed by atoms with van der Waals surface area (Å²) in [6, 6.07) is 5.68. The van der Waals surface area contributed by atoms with Gasteiger partial charge < -0.3 is 19.5 Å². The summed E-state index contributed by atoms with van der Waals surface area (Å²) in [4.78, 5) is 27.9. The van der Waals surface area contributed by atoms with Crippen molar-refractivity contribution < 1.29 is 13.9 Å².